The van der Waals surface area contributed by atoms with E-state index in [4.69, 9.17) is 18.5 Å². The fourth-order valence-corrected chi connectivity index (χ4v) is 3.70. The summed E-state index contributed by atoms with van der Waals surface area (Å²) >= 11 is 0. The van der Waals surface area contributed by atoms with Gasteiger partial charge >= 0.3 is 13.7 Å². The minimum Gasteiger partial charge on any atom is -0.462 e. The number of rotatable bonds is 16. The highest BCUT2D eigenvalue weighted by Gasteiger charge is 2.29. The number of para-hydroxylation sites is 1. The summed E-state index contributed by atoms with van der Waals surface area (Å²) in [6.07, 6.45) is 0.209. The van der Waals surface area contributed by atoms with Gasteiger partial charge in [0, 0.05) is 26.9 Å². The van der Waals surface area contributed by atoms with Crippen LogP contribution in [-0.2, 0) is 32.9 Å². The maximum Gasteiger partial charge on any atom is 0.459 e. The van der Waals surface area contributed by atoms with E-state index in [1.165, 1.54) is 14.2 Å². The van der Waals surface area contributed by atoms with E-state index in [-0.39, 0.29) is 31.4 Å². The van der Waals surface area contributed by atoms with Crippen molar-refractivity contribution in [1.29, 1.82) is 0 Å². The van der Waals surface area contributed by atoms with E-state index >= 15 is 0 Å². The first-order valence-electron chi connectivity index (χ1n) is 10.4. The highest BCUT2D eigenvalue weighted by atomic mass is 31.2. The summed E-state index contributed by atoms with van der Waals surface area (Å²) in [6, 6.07) is 8.21. The Labute approximate surface area is 198 Å². The third kappa shape index (κ3) is 11.4. The van der Waals surface area contributed by atoms with Crippen LogP contribution in [0, 0.1) is 0 Å². The minimum absolute atomic E-state index is 0.0201. The normalized spacial score (nSPS) is 14.1. The van der Waals surface area contributed by atoms with Crippen molar-refractivity contribution >= 4 is 26.0 Å². The number of nitrogens with one attached hydrogen (secondary N) is 2. The summed E-state index contributed by atoms with van der Waals surface area (Å²) in [5.74, 6) is -2.52. The molecule has 0 heterocycles. The van der Waals surface area contributed by atoms with Crippen LogP contribution in [0.3, 0.4) is 0 Å². The number of carbonyl (C=O) groups excluding carboxylic acids is 3. The van der Waals surface area contributed by atoms with E-state index in [0.717, 1.165) is 11.1 Å². The van der Waals surface area contributed by atoms with Crippen molar-refractivity contribution in [2.45, 2.75) is 32.5 Å². The average molecular weight is 503 g/mol. The summed E-state index contributed by atoms with van der Waals surface area (Å²) in [7, 11) is -1.41. The van der Waals surface area contributed by atoms with Crippen LogP contribution in [0.15, 0.2) is 42.4 Å². The number of benzene rings is 1. The van der Waals surface area contributed by atoms with Gasteiger partial charge in [0.15, 0.2) is 0 Å². The minimum atomic E-state index is -4.04. The number of hydrogen-bond acceptors (Lipinski definition) is 8. The largest absolute Gasteiger partial charge is 0.462 e. The van der Waals surface area contributed by atoms with Gasteiger partial charge in [0.25, 0.3) is 5.91 Å². The lowest BCUT2D eigenvalue weighted by Crippen LogP contribution is -2.30. The number of nitrogens with zero attached hydrogens (tertiary/aromatic N) is 1. The smallest absolute Gasteiger partial charge is 0.459 e. The number of carbonyl (C=O) groups is 3. The Morgan fingerprint density at radius 2 is 1.91 bits per heavy atom. The van der Waals surface area contributed by atoms with Crippen LogP contribution in [0.2, 0.25) is 0 Å². The highest BCUT2D eigenvalue weighted by molar-refractivity contribution is 7.52. The maximum atomic E-state index is 13.7. The highest BCUT2D eigenvalue weighted by Crippen LogP contribution is 2.44. The van der Waals surface area contributed by atoms with Crippen molar-refractivity contribution in [3.05, 3.63) is 42.4 Å². The lowest BCUT2D eigenvalue weighted by atomic mass is 10.2. The molecule has 2 amide bonds. The van der Waals surface area contributed by atoms with Gasteiger partial charge in [-0.05, 0) is 32.4 Å². The van der Waals surface area contributed by atoms with Crippen LogP contribution in [-0.4, -0.2) is 69.2 Å². The monoisotopic (exact) mass is 503 g/mol. The number of ether oxygens (including phenoxy) is 2. The average Bonchev–Trinajstić information content (AvgIpc) is 2.81. The number of esters is 1. The van der Waals surface area contributed by atoms with Gasteiger partial charge in [0.1, 0.15) is 12.3 Å². The van der Waals surface area contributed by atoms with Crippen LogP contribution in [0.1, 0.15) is 20.3 Å². The van der Waals surface area contributed by atoms with Gasteiger partial charge in [-0.15, -0.1) is 0 Å². The number of methoxy groups -OCH3 is 1. The SMILES string of the molecule is CNC(=O)/C(F)=C\N(C=O)CCC(COP(=O)(NCC(=O)OC(C)C)Oc1ccccc1)OC. The van der Waals surface area contributed by atoms with Crippen molar-refractivity contribution < 1.29 is 41.9 Å². The zero-order valence-electron chi connectivity index (χ0n) is 19.6. The third-order valence-electron chi connectivity index (χ3n) is 4.08. The van der Waals surface area contributed by atoms with Crippen molar-refractivity contribution in [2.75, 3.05) is 33.9 Å². The van der Waals surface area contributed by atoms with Gasteiger partial charge in [-0.1, -0.05) is 18.2 Å². The van der Waals surface area contributed by atoms with Crippen molar-refractivity contribution in [1.82, 2.24) is 15.3 Å². The second-order valence-corrected chi connectivity index (χ2v) is 8.87. The molecule has 2 N–H and O–H groups in total. The van der Waals surface area contributed by atoms with Crippen molar-refractivity contribution in [3.8, 4) is 5.75 Å². The van der Waals surface area contributed by atoms with Crippen LogP contribution in [0.4, 0.5) is 4.39 Å². The molecule has 0 aliphatic rings. The molecular formula is C21H31FN3O8P. The van der Waals surface area contributed by atoms with Crippen LogP contribution in [0.5, 0.6) is 5.75 Å². The Balaban J connectivity index is 2.80. The van der Waals surface area contributed by atoms with Gasteiger partial charge < -0.3 is 24.2 Å². The first kappa shape index (κ1) is 29.2. The lowest BCUT2D eigenvalue weighted by Gasteiger charge is -2.23. The first-order valence-corrected chi connectivity index (χ1v) is 11.9. The molecule has 0 radical (unpaired) electrons. The molecule has 2 unspecified atom stereocenters. The second-order valence-electron chi connectivity index (χ2n) is 7.12. The molecule has 0 saturated carbocycles. The zero-order valence-corrected chi connectivity index (χ0v) is 20.5. The first-order chi connectivity index (χ1) is 16.1. The molecule has 0 saturated heterocycles. The van der Waals surface area contributed by atoms with Crippen molar-refractivity contribution in [3.63, 3.8) is 0 Å². The van der Waals surface area contributed by atoms with Gasteiger partial charge in [-0.2, -0.15) is 4.39 Å². The lowest BCUT2D eigenvalue weighted by molar-refractivity contribution is -0.146. The number of hydrogen-bond donors (Lipinski definition) is 2. The molecule has 1 rings (SSSR count). The second kappa shape index (κ2) is 15.2. The molecule has 0 aliphatic carbocycles. The molecular weight excluding hydrogens is 472 g/mol. The Hall–Kier alpha value is -2.79. The van der Waals surface area contributed by atoms with E-state index in [1.54, 1.807) is 44.2 Å². The number of likely N-dealkylation sites (N-methyl/N-ethyl adjacent to an activating group) is 1. The van der Waals surface area contributed by atoms with Crippen LogP contribution >= 0.6 is 7.75 Å². The predicted molar refractivity (Wildman–Crippen MR) is 121 cm³/mol. The van der Waals surface area contributed by atoms with E-state index in [2.05, 4.69) is 10.4 Å². The Kier molecular flexibility index (Phi) is 13.1. The fourth-order valence-electron chi connectivity index (χ4n) is 2.41. The summed E-state index contributed by atoms with van der Waals surface area (Å²) < 4.78 is 48.2. The molecule has 2 atom stereocenters. The Morgan fingerprint density at radius 3 is 2.47 bits per heavy atom. The Morgan fingerprint density at radius 1 is 1.24 bits per heavy atom. The van der Waals surface area contributed by atoms with Crippen molar-refractivity contribution in [2.24, 2.45) is 0 Å². The van der Waals surface area contributed by atoms with Crippen LogP contribution in [0.25, 0.3) is 0 Å². The van der Waals surface area contributed by atoms with Gasteiger partial charge in [0.2, 0.25) is 12.2 Å². The molecule has 1 aromatic rings. The van der Waals surface area contributed by atoms with E-state index in [0.29, 0.717) is 6.41 Å². The van der Waals surface area contributed by atoms with Gasteiger partial charge in [0.05, 0.1) is 18.8 Å². The van der Waals surface area contributed by atoms with Gasteiger partial charge in [-0.25, -0.2) is 9.65 Å². The summed E-state index contributed by atoms with van der Waals surface area (Å²) in [4.78, 5) is 35.3. The molecule has 11 nitrogen and oxygen atoms in total. The Bertz CT molecular complexity index is 869. The predicted octanol–water partition coefficient (Wildman–Crippen LogP) is 2.15. The summed E-state index contributed by atoms with van der Waals surface area (Å²) in [5.41, 5.74) is 0. The molecule has 0 aromatic heterocycles. The molecule has 0 fully saturated rings. The number of halogens is 1. The molecule has 34 heavy (non-hydrogen) atoms. The molecule has 0 bridgehead atoms. The zero-order chi connectivity index (χ0) is 25.6. The van der Waals surface area contributed by atoms with E-state index in [1.807, 2.05) is 0 Å². The fraction of sp³-hybridized carbons (Fsp3) is 0.476. The third-order valence-corrected chi connectivity index (χ3v) is 5.57. The van der Waals surface area contributed by atoms with Crippen LogP contribution < -0.4 is 14.9 Å². The van der Waals surface area contributed by atoms with E-state index in [9.17, 15) is 23.3 Å². The van der Waals surface area contributed by atoms with Gasteiger partial charge in [-0.3, -0.25) is 18.9 Å². The standard InChI is InChI=1S/C21H31FN3O8P/c1-16(2)32-20(27)12-24-34(29,33-17-8-6-5-7-9-17)31-14-18(30-4)10-11-25(15-26)13-19(22)21(28)23-3/h5-9,13,15-16,18H,10-12,14H2,1-4H3,(H,23,28)(H,24,29)/b19-13+. The molecule has 0 spiro atoms. The molecule has 190 valence electrons. The molecule has 1 aromatic carbocycles. The topological polar surface area (TPSA) is 132 Å². The molecule has 0 aliphatic heterocycles. The quantitative estimate of drug-likeness (QED) is 0.151. The molecule has 13 heteroatoms. The number of amides is 2. The summed E-state index contributed by atoms with van der Waals surface area (Å²) in [5, 5.41) is 4.56. The summed E-state index contributed by atoms with van der Waals surface area (Å²) in [6.45, 7) is 2.66. The van der Waals surface area contributed by atoms with E-state index < -0.39 is 38.1 Å². The maximum absolute atomic E-state index is 13.7.